The highest BCUT2D eigenvalue weighted by Gasteiger charge is 2.17. The van der Waals surface area contributed by atoms with Crippen molar-refractivity contribution in [3.8, 4) is 11.5 Å². The largest absolute Gasteiger partial charge is 0.497 e. The molecule has 122 valence electrons. The second-order valence-corrected chi connectivity index (χ2v) is 5.04. The number of methoxy groups -OCH3 is 1. The summed E-state index contributed by atoms with van der Waals surface area (Å²) in [6.45, 7) is 4.85. The lowest BCUT2D eigenvalue weighted by atomic mass is 9.97. The number of nitrogens with zero attached hydrogens (tertiary/aromatic N) is 1. The Morgan fingerprint density at radius 1 is 1.10 bits per heavy atom. The van der Waals surface area contributed by atoms with Crippen molar-refractivity contribution in [3.05, 3.63) is 24.3 Å². The van der Waals surface area contributed by atoms with Crippen LogP contribution in [0.15, 0.2) is 24.3 Å². The van der Waals surface area contributed by atoms with Gasteiger partial charge in [-0.2, -0.15) is 0 Å². The van der Waals surface area contributed by atoms with Gasteiger partial charge in [0.25, 0.3) is 0 Å². The van der Waals surface area contributed by atoms with Gasteiger partial charge in [0.1, 0.15) is 18.1 Å². The maximum atomic E-state index is 5.74. The first-order chi connectivity index (χ1) is 9.31. The van der Waals surface area contributed by atoms with Gasteiger partial charge in [-0.05, 0) is 62.7 Å². The predicted octanol–water partition coefficient (Wildman–Crippen LogP) is 2.59. The summed E-state index contributed by atoms with van der Waals surface area (Å²) in [6, 6.07) is 7.73. The zero-order chi connectivity index (χ0) is 13.5. The summed E-state index contributed by atoms with van der Waals surface area (Å²) in [5.41, 5.74) is 5.70. The van der Waals surface area contributed by atoms with Crippen LogP contribution in [0.3, 0.4) is 0 Å². The van der Waals surface area contributed by atoms with Crippen molar-refractivity contribution >= 4 is 24.8 Å². The number of halogens is 2. The molecule has 1 fully saturated rings. The van der Waals surface area contributed by atoms with Crippen molar-refractivity contribution in [2.24, 2.45) is 11.7 Å². The van der Waals surface area contributed by atoms with Crippen molar-refractivity contribution in [1.82, 2.24) is 4.90 Å². The molecule has 2 rings (SSSR count). The Labute approximate surface area is 139 Å². The number of ether oxygens (including phenoxy) is 2. The van der Waals surface area contributed by atoms with E-state index in [-0.39, 0.29) is 24.8 Å². The molecule has 1 heterocycles. The Morgan fingerprint density at radius 2 is 1.67 bits per heavy atom. The normalized spacial score (nSPS) is 15.7. The number of nitrogens with two attached hydrogens (primary N) is 1. The van der Waals surface area contributed by atoms with Crippen LogP contribution in [0.2, 0.25) is 0 Å². The number of hydrogen-bond acceptors (Lipinski definition) is 4. The van der Waals surface area contributed by atoms with Crippen LogP contribution in [0, 0.1) is 5.92 Å². The maximum Gasteiger partial charge on any atom is 0.119 e. The molecular weight excluding hydrogens is 311 g/mol. The molecule has 0 saturated carbocycles. The van der Waals surface area contributed by atoms with E-state index in [0.29, 0.717) is 0 Å². The third-order valence-corrected chi connectivity index (χ3v) is 3.78. The summed E-state index contributed by atoms with van der Waals surface area (Å²) >= 11 is 0. The minimum absolute atomic E-state index is 0. The Morgan fingerprint density at radius 3 is 2.19 bits per heavy atom. The Bertz CT molecular complexity index is 368. The molecule has 1 saturated heterocycles. The fourth-order valence-electron chi connectivity index (χ4n) is 2.41. The number of benzene rings is 1. The SMILES string of the molecule is COc1ccc(OCCN2CCC(CN)CC2)cc1.Cl.Cl. The van der Waals surface area contributed by atoms with Crippen molar-refractivity contribution < 1.29 is 9.47 Å². The molecule has 0 radical (unpaired) electrons. The average molecular weight is 337 g/mol. The van der Waals surface area contributed by atoms with Crippen LogP contribution >= 0.6 is 24.8 Å². The standard InChI is InChI=1S/C15H24N2O2.2ClH/c1-18-14-2-4-15(5-3-14)19-11-10-17-8-6-13(12-16)7-9-17;;/h2-5,13H,6-12,16H2,1H3;2*1H. The third-order valence-electron chi connectivity index (χ3n) is 3.78. The van der Waals surface area contributed by atoms with Crippen LogP contribution in [-0.2, 0) is 0 Å². The van der Waals surface area contributed by atoms with Gasteiger partial charge in [-0.15, -0.1) is 24.8 Å². The minimum atomic E-state index is 0. The van der Waals surface area contributed by atoms with E-state index in [1.54, 1.807) is 7.11 Å². The number of hydrogen-bond donors (Lipinski definition) is 1. The molecule has 1 aliphatic heterocycles. The van der Waals surface area contributed by atoms with Crippen LogP contribution in [0.4, 0.5) is 0 Å². The average Bonchev–Trinajstić information content (AvgIpc) is 2.49. The Kier molecular flexibility index (Phi) is 10.6. The van der Waals surface area contributed by atoms with Gasteiger partial charge in [-0.25, -0.2) is 0 Å². The summed E-state index contributed by atoms with van der Waals surface area (Å²) in [7, 11) is 1.67. The first-order valence-electron chi connectivity index (χ1n) is 7.01. The summed E-state index contributed by atoms with van der Waals surface area (Å²) in [5, 5.41) is 0. The molecule has 4 nitrogen and oxygen atoms in total. The molecule has 0 spiro atoms. The quantitative estimate of drug-likeness (QED) is 0.867. The van der Waals surface area contributed by atoms with Gasteiger partial charge in [0.15, 0.2) is 0 Å². The predicted molar refractivity (Wildman–Crippen MR) is 91.2 cm³/mol. The molecule has 1 aromatic carbocycles. The molecule has 0 bridgehead atoms. The highest BCUT2D eigenvalue weighted by molar-refractivity contribution is 5.85. The van der Waals surface area contributed by atoms with Gasteiger partial charge < -0.3 is 15.2 Å². The molecule has 0 aromatic heterocycles. The topological polar surface area (TPSA) is 47.7 Å². The molecule has 0 amide bonds. The molecule has 0 aliphatic carbocycles. The minimum Gasteiger partial charge on any atom is -0.497 e. The van der Waals surface area contributed by atoms with E-state index in [4.69, 9.17) is 15.2 Å². The molecule has 21 heavy (non-hydrogen) atoms. The van der Waals surface area contributed by atoms with Crippen LogP contribution in [0.25, 0.3) is 0 Å². The lowest BCUT2D eigenvalue weighted by Gasteiger charge is -2.31. The van der Waals surface area contributed by atoms with Crippen LogP contribution < -0.4 is 15.2 Å². The zero-order valence-corrected chi connectivity index (χ0v) is 14.1. The maximum absolute atomic E-state index is 5.74. The van der Waals surface area contributed by atoms with Crippen LogP contribution in [0.5, 0.6) is 11.5 Å². The van der Waals surface area contributed by atoms with Gasteiger partial charge in [-0.1, -0.05) is 0 Å². The van der Waals surface area contributed by atoms with Gasteiger partial charge in [-0.3, -0.25) is 4.90 Å². The number of piperidine rings is 1. The molecule has 1 aliphatic rings. The zero-order valence-electron chi connectivity index (χ0n) is 12.5. The summed E-state index contributed by atoms with van der Waals surface area (Å²) < 4.78 is 10.9. The molecular formula is C15H26Cl2N2O2. The van der Waals surface area contributed by atoms with E-state index in [9.17, 15) is 0 Å². The highest BCUT2D eigenvalue weighted by Crippen LogP contribution is 2.18. The monoisotopic (exact) mass is 336 g/mol. The molecule has 6 heteroatoms. The smallest absolute Gasteiger partial charge is 0.119 e. The van der Waals surface area contributed by atoms with E-state index in [2.05, 4.69) is 4.90 Å². The number of rotatable bonds is 6. The summed E-state index contributed by atoms with van der Waals surface area (Å²) in [6.07, 6.45) is 2.44. The van der Waals surface area contributed by atoms with Gasteiger partial charge in [0, 0.05) is 6.54 Å². The summed E-state index contributed by atoms with van der Waals surface area (Å²) in [4.78, 5) is 2.45. The molecule has 0 unspecified atom stereocenters. The first kappa shape index (κ1) is 20.3. The first-order valence-corrected chi connectivity index (χ1v) is 7.01. The van der Waals surface area contributed by atoms with E-state index in [1.807, 2.05) is 24.3 Å². The van der Waals surface area contributed by atoms with Crippen molar-refractivity contribution in [2.45, 2.75) is 12.8 Å². The third kappa shape index (κ3) is 6.74. The van der Waals surface area contributed by atoms with Crippen molar-refractivity contribution in [1.29, 1.82) is 0 Å². The van der Waals surface area contributed by atoms with Crippen molar-refractivity contribution in [2.75, 3.05) is 39.9 Å². The molecule has 1 aromatic rings. The molecule has 0 atom stereocenters. The van der Waals surface area contributed by atoms with Crippen molar-refractivity contribution in [3.63, 3.8) is 0 Å². The second kappa shape index (κ2) is 11.0. The summed E-state index contributed by atoms with van der Waals surface area (Å²) in [5.74, 6) is 2.48. The molecule has 2 N–H and O–H groups in total. The lowest BCUT2D eigenvalue weighted by molar-refractivity contribution is 0.157. The van der Waals surface area contributed by atoms with E-state index >= 15 is 0 Å². The van der Waals surface area contributed by atoms with Gasteiger partial charge >= 0.3 is 0 Å². The fraction of sp³-hybridized carbons (Fsp3) is 0.600. The lowest BCUT2D eigenvalue weighted by Crippen LogP contribution is -2.38. The van der Waals surface area contributed by atoms with Crippen LogP contribution in [-0.4, -0.2) is 44.8 Å². The second-order valence-electron chi connectivity index (χ2n) is 5.04. The Hall–Kier alpha value is -0.680. The highest BCUT2D eigenvalue weighted by atomic mass is 35.5. The van der Waals surface area contributed by atoms with Gasteiger partial charge in [0.05, 0.1) is 7.11 Å². The van der Waals surface area contributed by atoms with E-state index in [1.165, 1.54) is 12.8 Å². The van der Waals surface area contributed by atoms with Gasteiger partial charge in [0.2, 0.25) is 0 Å². The van der Waals surface area contributed by atoms with Crippen LogP contribution in [0.1, 0.15) is 12.8 Å². The fourth-order valence-corrected chi connectivity index (χ4v) is 2.41. The Balaban J connectivity index is 0.00000200. The number of likely N-dealkylation sites (tertiary alicyclic amines) is 1. The van der Waals surface area contributed by atoms with E-state index < -0.39 is 0 Å². The van der Waals surface area contributed by atoms with E-state index in [0.717, 1.165) is 50.2 Å².